The van der Waals surface area contributed by atoms with E-state index in [1.807, 2.05) is 44.2 Å². The summed E-state index contributed by atoms with van der Waals surface area (Å²) in [6, 6.07) is 12.5. The number of ether oxygens (including phenoxy) is 1. The van der Waals surface area contributed by atoms with E-state index in [1.54, 1.807) is 17.0 Å². The predicted octanol–water partition coefficient (Wildman–Crippen LogP) is 4.66. The zero-order valence-corrected chi connectivity index (χ0v) is 18.1. The first-order chi connectivity index (χ1) is 14.5. The molecule has 4 rings (SSSR count). The highest BCUT2D eigenvalue weighted by Crippen LogP contribution is 2.39. The topological polar surface area (TPSA) is 58.6 Å². The van der Waals surface area contributed by atoms with Crippen molar-refractivity contribution in [1.82, 2.24) is 4.90 Å². The van der Waals surface area contributed by atoms with E-state index in [0.717, 1.165) is 35.2 Å². The molecule has 0 spiro atoms. The molecule has 158 valence electrons. The van der Waals surface area contributed by atoms with Crippen molar-refractivity contribution in [2.75, 3.05) is 18.5 Å². The smallest absolute Gasteiger partial charge is 0.251 e. The van der Waals surface area contributed by atoms with E-state index in [9.17, 15) is 9.59 Å². The van der Waals surface area contributed by atoms with Gasteiger partial charge in [-0.2, -0.15) is 0 Å². The molecule has 0 bridgehead atoms. The normalized spacial score (nSPS) is 20.6. The fourth-order valence-electron chi connectivity index (χ4n) is 4.57. The number of halogens is 1. The minimum atomic E-state index is -0.685. The SMILES string of the molecule is Cc1cccc(C)c1NC(=O)C(c1ccc(Cl)cc1)N1C(=O)CC1C1CCOCC1. The van der Waals surface area contributed by atoms with Gasteiger partial charge in [0.2, 0.25) is 5.91 Å². The summed E-state index contributed by atoms with van der Waals surface area (Å²) in [6.45, 7) is 5.37. The monoisotopic (exact) mass is 426 g/mol. The van der Waals surface area contributed by atoms with Crippen molar-refractivity contribution in [2.45, 2.75) is 45.2 Å². The first-order valence-corrected chi connectivity index (χ1v) is 10.8. The molecule has 30 heavy (non-hydrogen) atoms. The van der Waals surface area contributed by atoms with Crippen LogP contribution in [0.4, 0.5) is 5.69 Å². The summed E-state index contributed by atoms with van der Waals surface area (Å²) in [6.07, 6.45) is 2.33. The number of para-hydroxylation sites is 1. The molecule has 2 saturated heterocycles. The molecule has 0 saturated carbocycles. The van der Waals surface area contributed by atoms with Crippen molar-refractivity contribution in [2.24, 2.45) is 5.92 Å². The van der Waals surface area contributed by atoms with Crippen LogP contribution in [0.1, 0.15) is 42.0 Å². The lowest BCUT2D eigenvalue weighted by Gasteiger charge is -2.49. The minimum Gasteiger partial charge on any atom is -0.381 e. The first-order valence-electron chi connectivity index (χ1n) is 10.5. The van der Waals surface area contributed by atoms with Gasteiger partial charge in [-0.25, -0.2) is 0 Å². The third-order valence-corrected chi connectivity index (χ3v) is 6.53. The Kier molecular flexibility index (Phi) is 6.11. The number of β-lactam (4-membered cyclic amide) rings is 1. The molecular weight excluding hydrogens is 400 g/mol. The molecule has 2 atom stereocenters. The maximum Gasteiger partial charge on any atom is 0.251 e. The van der Waals surface area contributed by atoms with E-state index >= 15 is 0 Å². The number of aryl methyl sites for hydroxylation is 2. The van der Waals surface area contributed by atoms with Gasteiger partial charge in [0.05, 0.1) is 0 Å². The van der Waals surface area contributed by atoms with E-state index in [4.69, 9.17) is 16.3 Å². The van der Waals surface area contributed by atoms with Crippen LogP contribution in [0.5, 0.6) is 0 Å². The van der Waals surface area contributed by atoms with E-state index in [1.165, 1.54) is 0 Å². The molecule has 2 unspecified atom stereocenters. The first kappa shape index (κ1) is 20.9. The van der Waals surface area contributed by atoms with Crippen LogP contribution in [-0.2, 0) is 14.3 Å². The maximum absolute atomic E-state index is 13.5. The second-order valence-electron chi connectivity index (χ2n) is 8.23. The van der Waals surface area contributed by atoms with Gasteiger partial charge in [0.25, 0.3) is 5.91 Å². The number of nitrogens with zero attached hydrogens (tertiary/aromatic N) is 1. The Bertz CT molecular complexity index is 918. The summed E-state index contributed by atoms with van der Waals surface area (Å²) in [5, 5.41) is 3.69. The fourth-order valence-corrected chi connectivity index (χ4v) is 4.70. The number of benzene rings is 2. The molecule has 2 fully saturated rings. The van der Waals surface area contributed by atoms with Gasteiger partial charge in [-0.05, 0) is 61.4 Å². The highest BCUT2D eigenvalue weighted by atomic mass is 35.5. The quantitative estimate of drug-likeness (QED) is 0.707. The summed E-state index contributed by atoms with van der Waals surface area (Å²) < 4.78 is 5.49. The van der Waals surface area contributed by atoms with Crippen LogP contribution in [0.25, 0.3) is 0 Å². The van der Waals surface area contributed by atoms with Gasteiger partial charge in [0, 0.05) is 36.4 Å². The number of hydrogen-bond acceptors (Lipinski definition) is 3. The summed E-state index contributed by atoms with van der Waals surface area (Å²) in [5.74, 6) is 0.183. The average molecular weight is 427 g/mol. The number of likely N-dealkylation sites (tertiary alicyclic amines) is 1. The number of rotatable bonds is 5. The molecule has 0 aliphatic carbocycles. The Morgan fingerprint density at radius 2 is 1.73 bits per heavy atom. The average Bonchev–Trinajstić information content (AvgIpc) is 2.74. The maximum atomic E-state index is 13.5. The molecule has 2 aliphatic heterocycles. The molecular formula is C24H27ClN2O3. The Labute approximate surface area is 182 Å². The lowest BCUT2D eigenvalue weighted by Crippen LogP contribution is -2.60. The molecule has 5 nitrogen and oxygen atoms in total. The molecule has 2 aliphatic rings. The van der Waals surface area contributed by atoms with Gasteiger partial charge in [0.1, 0.15) is 6.04 Å². The van der Waals surface area contributed by atoms with Gasteiger partial charge < -0.3 is 15.0 Å². The molecule has 2 aromatic rings. The Morgan fingerprint density at radius 1 is 1.10 bits per heavy atom. The minimum absolute atomic E-state index is 0.0168. The number of carbonyl (C=O) groups is 2. The van der Waals surface area contributed by atoms with Gasteiger partial charge in [-0.1, -0.05) is 41.9 Å². The van der Waals surface area contributed by atoms with Crippen molar-refractivity contribution in [1.29, 1.82) is 0 Å². The van der Waals surface area contributed by atoms with Crippen molar-refractivity contribution in [3.8, 4) is 0 Å². The van der Waals surface area contributed by atoms with Gasteiger partial charge >= 0.3 is 0 Å². The lowest BCUT2D eigenvalue weighted by molar-refractivity contribution is -0.159. The van der Waals surface area contributed by atoms with Crippen LogP contribution in [-0.4, -0.2) is 36.0 Å². The molecule has 1 N–H and O–H groups in total. The van der Waals surface area contributed by atoms with E-state index in [2.05, 4.69) is 5.32 Å². The van der Waals surface area contributed by atoms with Crippen LogP contribution in [0.3, 0.4) is 0 Å². The fraction of sp³-hybridized carbons (Fsp3) is 0.417. The number of carbonyl (C=O) groups excluding carboxylic acids is 2. The molecule has 2 heterocycles. The zero-order valence-electron chi connectivity index (χ0n) is 17.4. The lowest BCUT2D eigenvalue weighted by atomic mass is 9.81. The van der Waals surface area contributed by atoms with Gasteiger partial charge in [0.15, 0.2) is 0 Å². The molecule has 2 aromatic carbocycles. The largest absolute Gasteiger partial charge is 0.381 e. The Morgan fingerprint density at radius 3 is 2.33 bits per heavy atom. The molecule has 0 radical (unpaired) electrons. The van der Waals surface area contributed by atoms with Crippen LogP contribution in [0.2, 0.25) is 5.02 Å². The van der Waals surface area contributed by atoms with Crippen LogP contribution in [0, 0.1) is 19.8 Å². The number of amides is 2. The van der Waals surface area contributed by atoms with Crippen molar-refractivity contribution >= 4 is 29.1 Å². The highest BCUT2D eigenvalue weighted by Gasteiger charge is 2.47. The third kappa shape index (κ3) is 4.09. The third-order valence-electron chi connectivity index (χ3n) is 6.28. The van der Waals surface area contributed by atoms with Crippen LogP contribution in [0.15, 0.2) is 42.5 Å². The summed E-state index contributed by atoms with van der Waals surface area (Å²) in [5.41, 5.74) is 3.56. The molecule has 2 amide bonds. The standard InChI is InChI=1S/C24H27ClN2O3/c1-15-4-3-5-16(2)22(15)26-24(29)23(18-6-8-19(25)9-7-18)27-20(14-21(27)28)17-10-12-30-13-11-17/h3-9,17,20,23H,10-14H2,1-2H3,(H,26,29). The Hall–Kier alpha value is -2.37. The summed E-state index contributed by atoms with van der Waals surface area (Å²) in [4.78, 5) is 28.1. The second-order valence-corrected chi connectivity index (χ2v) is 8.67. The van der Waals surface area contributed by atoms with Crippen molar-refractivity contribution in [3.63, 3.8) is 0 Å². The number of hydrogen-bond donors (Lipinski definition) is 1. The Balaban J connectivity index is 1.66. The van der Waals surface area contributed by atoms with E-state index < -0.39 is 6.04 Å². The number of anilines is 1. The van der Waals surface area contributed by atoms with Gasteiger partial charge in [-0.15, -0.1) is 0 Å². The predicted molar refractivity (Wildman–Crippen MR) is 118 cm³/mol. The van der Waals surface area contributed by atoms with Crippen LogP contribution >= 0.6 is 11.6 Å². The van der Waals surface area contributed by atoms with Crippen molar-refractivity contribution in [3.05, 3.63) is 64.2 Å². The van der Waals surface area contributed by atoms with E-state index in [0.29, 0.717) is 30.6 Å². The van der Waals surface area contributed by atoms with Gasteiger partial charge in [-0.3, -0.25) is 9.59 Å². The summed E-state index contributed by atoms with van der Waals surface area (Å²) in [7, 11) is 0. The zero-order chi connectivity index (χ0) is 21.3. The van der Waals surface area contributed by atoms with Crippen LogP contribution < -0.4 is 5.32 Å². The molecule has 0 aromatic heterocycles. The van der Waals surface area contributed by atoms with Crippen molar-refractivity contribution < 1.29 is 14.3 Å². The second kappa shape index (κ2) is 8.78. The molecule has 6 heteroatoms. The number of nitrogens with one attached hydrogen (secondary N) is 1. The van der Waals surface area contributed by atoms with E-state index in [-0.39, 0.29) is 17.9 Å². The summed E-state index contributed by atoms with van der Waals surface area (Å²) >= 11 is 6.08. The highest BCUT2D eigenvalue weighted by molar-refractivity contribution is 6.30.